The molecule has 2 nitrogen and oxygen atoms in total. The van der Waals surface area contributed by atoms with Crippen molar-refractivity contribution < 1.29 is 25.9 Å². The van der Waals surface area contributed by atoms with E-state index < -0.39 is 14.0 Å². The Bertz CT molecular complexity index is 2590. The standard InChI is InChI=1S/C33H25FNS.C15H18NSi.Ir/c1-20-6-4-7-21(2)32(20)25-12-15-27-28-8-5-9-29(33(28)36-31(27)19-25)30-18-24(16-17-35-30)22(3)23-10-13-26(34)14-11-23;1-12-10-14(13-8-6-5-7-9-13)16-11-15(12)17(2,3)4;/h4-8,10-19,22H,1-3H3;5-8,10-11H,1-4H3;/q2*-1;/i22D;;. The number of benzene rings is 5. The van der Waals surface area contributed by atoms with Crippen molar-refractivity contribution in [1.29, 1.82) is 0 Å². The molecule has 54 heavy (non-hydrogen) atoms. The van der Waals surface area contributed by atoms with Crippen molar-refractivity contribution in [2.45, 2.75) is 53.2 Å². The van der Waals surface area contributed by atoms with Crippen LogP contribution in [0, 0.1) is 38.7 Å². The number of halogens is 1. The molecule has 0 saturated heterocycles. The second-order valence-corrected chi connectivity index (χ2v) is 20.7. The van der Waals surface area contributed by atoms with E-state index in [1.165, 1.54) is 60.6 Å². The zero-order chi connectivity index (χ0) is 38.2. The molecule has 0 N–H and O–H groups in total. The average Bonchev–Trinajstić information content (AvgIpc) is 3.53. The third kappa shape index (κ3) is 8.23. The summed E-state index contributed by atoms with van der Waals surface area (Å²) in [7, 11) is -1.27. The number of nitrogens with zero attached hydrogens (tertiary/aromatic N) is 2. The molecule has 0 bridgehead atoms. The fraction of sp³-hybridized carbons (Fsp3) is 0.167. The molecular weight excluding hydrogens is 876 g/mol. The first-order valence-electron chi connectivity index (χ1n) is 18.4. The molecule has 0 aliphatic rings. The maximum Gasteiger partial charge on any atom is 0.123 e. The summed E-state index contributed by atoms with van der Waals surface area (Å²) in [6, 6.07) is 44.0. The van der Waals surface area contributed by atoms with Gasteiger partial charge in [0.2, 0.25) is 0 Å². The minimum Gasteiger partial charge on any atom is -0.305 e. The number of fused-ring (bicyclic) bond motifs is 3. The molecular formula is C48H43FIrN2SSi-2. The van der Waals surface area contributed by atoms with Crippen LogP contribution in [0.3, 0.4) is 0 Å². The quantitative estimate of drug-likeness (QED) is 0.123. The van der Waals surface area contributed by atoms with Crippen molar-refractivity contribution in [2.24, 2.45) is 0 Å². The van der Waals surface area contributed by atoms with Crippen LogP contribution >= 0.6 is 11.3 Å². The normalized spacial score (nSPS) is 12.7. The van der Waals surface area contributed by atoms with E-state index in [-0.39, 0.29) is 25.9 Å². The van der Waals surface area contributed by atoms with Crippen LogP contribution in [-0.4, -0.2) is 18.0 Å². The Hall–Kier alpha value is -4.58. The van der Waals surface area contributed by atoms with Crippen LogP contribution in [0.5, 0.6) is 0 Å². The predicted molar refractivity (Wildman–Crippen MR) is 226 cm³/mol. The van der Waals surface area contributed by atoms with E-state index in [4.69, 9.17) is 1.37 Å². The van der Waals surface area contributed by atoms with Gasteiger partial charge in [0.05, 0.1) is 8.07 Å². The van der Waals surface area contributed by atoms with Gasteiger partial charge in [-0.2, -0.15) is 11.3 Å². The minimum atomic E-state index is -1.27. The largest absolute Gasteiger partial charge is 0.305 e. The molecule has 0 aliphatic carbocycles. The maximum absolute atomic E-state index is 13.5. The molecule has 8 rings (SSSR count). The molecule has 0 fully saturated rings. The molecule has 5 aromatic carbocycles. The number of hydrogen-bond acceptors (Lipinski definition) is 3. The Labute approximate surface area is 339 Å². The third-order valence-corrected chi connectivity index (χ3v) is 13.2. The maximum atomic E-state index is 13.5. The van der Waals surface area contributed by atoms with Crippen LogP contribution in [0.2, 0.25) is 19.6 Å². The number of pyridine rings is 2. The number of thiophene rings is 1. The van der Waals surface area contributed by atoms with Crippen LogP contribution in [-0.2, 0) is 20.1 Å². The Kier molecular flexibility index (Phi) is 11.5. The topological polar surface area (TPSA) is 25.8 Å². The van der Waals surface area contributed by atoms with E-state index in [0.717, 1.165) is 38.3 Å². The monoisotopic (exact) mass is 920 g/mol. The second kappa shape index (κ2) is 16.4. The Morgan fingerprint density at radius 2 is 1.48 bits per heavy atom. The van der Waals surface area contributed by atoms with E-state index in [1.54, 1.807) is 29.7 Å². The molecule has 273 valence electrons. The summed E-state index contributed by atoms with van der Waals surface area (Å²) in [6.07, 6.45) is 3.80. The Morgan fingerprint density at radius 3 is 2.17 bits per heavy atom. The van der Waals surface area contributed by atoms with Crippen molar-refractivity contribution in [3.05, 3.63) is 173 Å². The molecule has 1 atom stereocenters. The van der Waals surface area contributed by atoms with Gasteiger partial charge in [0.1, 0.15) is 5.82 Å². The van der Waals surface area contributed by atoms with Gasteiger partial charge >= 0.3 is 0 Å². The van der Waals surface area contributed by atoms with Crippen molar-refractivity contribution in [1.82, 2.24) is 9.97 Å². The fourth-order valence-corrected chi connectivity index (χ4v) is 10.0. The number of aromatic nitrogens is 2. The second-order valence-electron chi connectivity index (χ2n) is 14.6. The molecule has 0 aliphatic heterocycles. The van der Waals surface area contributed by atoms with E-state index in [0.29, 0.717) is 0 Å². The van der Waals surface area contributed by atoms with Gasteiger partial charge in [-0.3, -0.25) is 0 Å². The molecule has 0 amide bonds. The van der Waals surface area contributed by atoms with Crippen molar-refractivity contribution in [3.63, 3.8) is 0 Å². The molecule has 6 heteroatoms. The van der Waals surface area contributed by atoms with Crippen molar-refractivity contribution in [3.8, 4) is 33.6 Å². The number of hydrogen-bond donors (Lipinski definition) is 0. The van der Waals surface area contributed by atoms with Gasteiger partial charge in [0, 0.05) is 44.5 Å². The van der Waals surface area contributed by atoms with Gasteiger partial charge in [-0.1, -0.05) is 92.1 Å². The van der Waals surface area contributed by atoms with Crippen LogP contribution in [0.15, 0.2) is 128 Å². The van der Waals surface area contributed by atoms with Crippen molar-refractivity contribution >= 4 is 44.8 Å². The molecule has 8 aromatic rings. The van der Waals surface area contributed by atoms with Crippen molar-refractivity contribution in [2.75, 3.05) is 0 Å². The first-order valence-corrected chi connectivity index (χ1v) is 22.2. The Morgan fingerprint density at radius 1 is 0.722 bits per heavy atom. The summed E-state index contributed by atoms with van der Waals surface area (Å²) in [5.74, 6) is -1.35. The molecule has 3 aromatic heterocycles. The van der Waals surface area contributed by atoms with Gasteiger partial charge in [-0.25, -0.2) is 4.39 Å². The smallest absolute Gasteiger partial charge is 0.123 e. The van der Waals surface area contributed by atoms with Crippen LogP contribution < -0.4 is 5.19 Å². The fourth-order valence-electron chi connectivity index (χ4n) is 7.07. The van der Waals surface area contributed by atoms with Gasteiger partial charge in [0.15, 0.2) is 0 Å². The van der Waals surface area contributed by atoms with E-state index >= 15 is 0 Å². The van der Waals surface area contributed by atoms with E-state index in [1.807, 2.05) is 43.3 Å². The molecule has 3 heterocycles. The van der Waals surface area contributed by atoms with Crippen LogP contribution in [0.25, 0.3) is 53.8 Å². The van der Waals surface area contributed by atoms with Gasteiger partial charge in [-0.15, -0.1) is 59.7 Å². The van der Waals surface area contributed by atoms with Crippen LogP contribution in [0.4, 0.5) is 4.39 Å². The Balaban J connectivity index is 0.000000241. The summed E-state index contributed by atoms with van der Waals surface area (Å²) in [6.45, 7) is 15.4. The number of aryl methyl sites for hydroxylation is 3. The third-order valence-electron chi connectivity index (χ3n) is 9.83. The first-order chi connectivity index (χ1) is 25.8. The average molecular weight is 920 g/mol. The van der Waals surface area contributed by atoms with Gasteiger partial charge < -0.3 is 9.97 Å². The summed E-state index contributed by atoms with van der Waals surface area (Å²) in [4.78, 5) is 9.25. The summed E-state index contributed by atoms with van der Waals surface area (Å²) >= 11 is 1.76. The molecule has 0 spiro atoms. The van der Waals surface area contributed by atoms with E-state index in [9.17, 15) is 4.39 Å². The zero-order valence-corrected chi connectivity index (χ0v) is 35.8. The minimum absolute atomic E-state index is 0. The van der Waals surface area contributed by atoms with Crippen LogP contribution in [0.1, 0.15) is 42.0 Å². The summed E-state index contributed by atoms with van der Waals surface area (Å²) in [5.41, 5.74) is 11.7. The summed E-state index contributed by atoms with van der Waals surface area (Å²) < 4.78 is 24.9. The molecule has 0 saturated carbocycles. The first kappa shape index (κ1) is 37.7. The zero-order valence-electron chi connectivity index (χ0n) is 32.6. The van der Waals surface area contributed by atoms with Gasteiger partial charge in [-0.05, 0) is 105 Å². The number of rotatable bonds is 6. The summed E-state index contributed by atoms with van der Waals surface area (Å²) in [5, 5.41) is 3.84. The van der Waals surface area contributed by atoms with Gasteiger partial charge in [0.25, 0.3) is 0 Å². The SMILES string of the molecule is Cc1cc(-c2[c-]cccc2)ncc1[Si](C)(C)C.[2H]C(C)(c1ccc(F)cc1)c1ccnc(-c2[c-]ccc3c2sc2cc(-c4c(C)cccc4C)ccc23)c1.[Ir]. The molecule has 1 unspecified atom stereocenters. The van der Waals surface area contributed by atoms with E-state index in [2.05, 4.69) is 123 Å². The molecule has 1 radical (unpaired) electrons. The predicted octanol–water partition coefficient (Wildman–Crippen LogP) is 12.9.